The van der Waals surface area contributed by atoms with Crippen LogP contribution in [0.15, 0.2) is 170 Å². The van der Waals surface area contributed by atoms with Crippen LogP contribution < -0.4 is 4.74 Å². The lowest BCUT2D eigenvalue weighted by molar-refractivity contribution is 0.418. The van der Waals surface area contributed by atoms with Crippen molar-refractivity contribution in [3.63, 3.8) is 0 Å². The fraction of sp³-hybridized carbons (Fsp3) is 0.0800. The number of benzene rings is 8. The normalized spacial score (nSPS) is 14.9. The topological polar surface area (TPSA) is 9.23 Å². The van der Waals surface area contributed by atoms with Gasteiger partial charge >= 0.3 is 0 Å². The van der Waals surface area contributed by atoms with Crippen molar-refractivity contribution in [2.45, 2.75) is 24.7 Å². The summed E-state index contributed by atoms with van der Waals surface area (Å²) in [5.41, 5.74) is 17.6. The van der Waals surface area contributed by atoms with Gasteiger partial charge in [-0.15, -0.1) is 0 Å². The van der Waals surface area contributed by atoms with Gasteiger partial charge in [-0.05, 0) is 95.7 Å². The zero-order valence-electron chi connectivity index (χ0n) is 28.6. The molecule has 0 amide bonds. The van der Waals surface area contributed by atoms with Crippen LogP contribution in [-0.4, -0.2) is 0 Å². The number of hydrogen-bond acceptors (Lipinski definition) is 1. The largest absolute Gasteiger partial charge is 0.457 e. The summed E-state index contributed by atoms with van der Waals surface area (Å²) >= 11 is 0. The van der Waals surface area contributed by atoms with Crippen LogP contribution in [0.5, 0.6) is 11.5 Å². The van der Waals surface area contributed by atoms with Crippen molar-refractivity contribution >= 4 is 10.8 Å². The van der Waals surface area contributed by atoms with Crippen LogP contribution in [0.4, 0.5) is 0 Å². The summed E-state index contributed by atoms with van der Waals surface area (Å²) < 4.78 is 6.55. The van der Waals surface area contributed by atoms with E-state index in [1.54, 1.807) is 0 Å². The summed E-state index contributed by atoms with van der Waals surface area (Å²) in [6.45, 7) is 4.58. The van der Waals surface area contributed by atoms with E-state index in [4.69, 9.17) is 4.74 Å². The van der Waals surface area contributed by atoms with Gasteiger partial charge in [0.1, 0.15) is 11.5 Å². The summed E-state index contributed by atoms with van der Waals surface area (Å²) in [6.07, 6.45) is 0. The minimum absolute atomic E-state index is 0.139. The number of para-hydroxylation sites is 1. The first kappa shape index (κ1) is 28.6. The van der Waals surface area contributed by atoms with Gasteiger partial charge in [0.2, 0.25) is 0 Å². The molecule has 0 saturated heterocycles. The molecule has 51 heavy (non-hydrogen) atoms. The van der Waals surface area contributed by atoms with E-state index in [2.05, 4.69) is 184 Å². The molecule has 8 aromatic rings. The van der Waals surface area contributed by atoms with E-state index in [0.717, 1.165) is 17.1 Å². The lowest BCUT2D eigenvalue weighted by Crippen LogP contribution is -2.25. The van der Waals surface area contributed by atoms with Gasteiger partial charge in [-0.3, -0.25) is 0 Å². The van der Waals surface area contributed by atoms with Gasteiger partial charge in [0, 0.05) is 16.5 Å². The Morgan fingerprint density at radius 1 is 0.333 bits per heavy atom. The summed E-state index contributed by atoms with van der Waals surface area (Å²) in [6, 6.07) is 62.9. The highest BCUT2D eigenvalue weighted by Crippen LogP contribution is 2.63. The molecule has 0 aromatic heterocycles. The van der Waals surface area contributed by atoms with Crippen molar-refractivity contribution in [2.24, 2.45) is 0 Å². The van der Waals surface area contributed by atoms with Crippen molar-refractivity contribution in [2.75, 3.05) is 0 Å². The molecule has 0 unspecified atom stereocenters. The molecular formula is C50H34O. The Morgan fingerprint density at radius 3 is 1.37 bits per heavy atom. The Bertz CT molecular complexity index is 2700. The average molecular weight is 651 g/mol. The molecule has 0 atom stereocenters. The third kappa shape index (κ3) is 3.71. The Hall–Kier alpha value is -6.18. The molecule has 1 heteroatoms. The second-order valence-electron chi connectivity index (χ2n) is 14.8. The molecule has 0 saturated carbocycles. The van der Waals surface area contributed by atoms with E-state index < -0.39 is 0 Å². The third-order valence-electron chi connectivity index (χ3n) is 12.0. The molecule has 0 radical (unpaired) electrons. The van der Waals surface area contributed by atoms with Crippen LogP contribution in [0, 0.1) is 0 Å². The lowest BCUT2D eigenvalue weighted by atomic mass is 9.70. The molecule has 1 heterocycles. The molecule has 240 valence electrons. The van der Waals surface area contributed by atoms with Crippen molar-refractivity contribution in [1.82, 2.24) is 0 Å². The second kappa shape index (κ2) is 10.2. The van der Waals surface area contributed by atoms with E-state index >= 15 is 0 Å². The molecule has 1 spiro atoms. The Morgan fingerprint density at radius 2 is 0.765 bits per heavy atom. The minimum atomic E-state index is -0.361. The van der Waals surface area contributed by atoms with E-state index in [0.29, 0.717) is 0 Å². The molecule has 8 aromatic carbocycles. The Labute approximate surface area is 298 Å². The first-order chi connectivity index (χ1) is 25.0. The summed E-state index contributed by atoms with van der Waals surface area (Å²) in [5.74, 6) is 1.88. The molecule has 0 bridgehead atoms. The van der Waals surface area contributed by atoms with Crippen LogP contribution >= 0.6 is 0 Å². The molecular weight excluding hydrogens is 617 g/mol. The zero-order valence-corrected chi connectivity index (χ0v) is 28.6. The van der Waals surface area contributed by atoms with Crippen LogP contribution in [0.1, 0.15) is 47.2 Å². The van der Waals surface area contributed by atoms with Gasteiger partial charge in [-0.2, -0.15) is 0 Å². The highest BCUT2D eigenvalue weighted by molar-refractivity contribution is 6.06. The smallest absolute Gasteiger partial charge is 0.132 e. The lowest BCUT2D eigenvalue weighted by Gasteiger charge is -2.34. The van der Waals surface area contributed by atoms with Crippen LogP contribution in [0.25, 0.3) is 55.3 Å². The second-order valence-corrected chi connectivity index (χ2v) is 14.8. The van der Waals surface area contributed by atoms with Crippen molar-refractivity contribution < 1.29 is 4.74 Å². The summed E-state index contributed by atoms with van der Waals surface area (Å²) in [4.78, 5) is 0. The predicted octanol–water partition coefficient (Wildman–Crippen LogP) is 12.9. The van der Waals surface area contributed by atoms with Gasteiger partial charge in [0.15, 0.2) is 0 Å². The SMILES string of the molecule is CC1(C)c2ccccc2Oc2cc(-c3ccc(-c4ccc5c(c4)C4(c6ccccc6-c6ccccc64)c4ccccc4-5)c4ccccc34)ccc21. The van der Waals surface area contributed by atoms with Crippen LogP contribution in [0.2, 0.25) is 0 Å². The molecule has 3 aliphatic rings. The van der Waals surface area contributed by atoms with Gasteiger partial charge in [-0.1, -0.05) is 166 Å². The van der Waals surface area contributed by atoms with E-state index in [-0.39, 0.29) is 10.8 Å². The molecule has 0 N–H and O–H groups in total. The van der Waals surface area contributed by atoms with Crippen molar-refractivity contribution in [3.8, 4) is 56.0 Å². The van der Waals surface area contributed by atoms with Gasteiger partial charge in [0.25, 0.3) is 0 Å². The average Bonchev–Trinajstić information content (AvgIpc) is 3.64. The molecule has 1 aliphatic heterocycles. The maximum atomic E-state index is 6.55. The molecule has 11 rings (SSSR count). The van der Waals surface area contributed by atoms with Crippen molar-refractivity contribution in [3.05, 3.63) is 203 Å². The van der Waals surface area contributed by atoms with E-state index in [1.165, 1.54) is 83.1 Å². The third-order valence-corrected chi connectivity index (χ3v) is 12.0. The van der Waals surface area contributed by atoms with E-state index in [1.807, 2.05) is 0 Å². The predicted molar refractivity (Wildman–Crippen MR) is 210 cm³/mol. The summed E-state index contributed by atoms with van der Waals surface area (Å²) in [7, 11) is 0. The zero-order chi connectivity index (χ0) is 33.9. The fourth-order valence-electron chi connectivity index (χ4n) is 9.69. The van der Waals surface area contributed by atoms with Crippen LogP contribution in [-0.2, 0) is 10.8 Å². The van der Waals surface area contributed by atoms with Crippen LogP contribution in [0.3, 0.4) is 0 Å². The van der Waals surface area contributed by atoms with Crippen molar-refractivity contribution in [1.29, 1.82) is 0 Å². The number of hydrogen-bond donors (Lipinski definition) is 0. The quantitative estimate of drug-likeness (QED) is 0.181. The van der Waals surface area contributed by atoms with Gasteiger partial charge < -0.3 is 4.74 Å². The van der Waals surface area contributed by atoms with Gasteiger partial charge in [-0.25, -0.2) is 0 Å². The highest BCUT2D eigenvalue weighted by Gasteiger charge is 2.51. The number of rotatable bonds is 2. The molecule has 0 fully saturated rings. The fourth-order valence-corrected chi connectivity index (χ4v) is 9.69. The minimum Gasteiger partial charge on any atom is -0.457 e. The summed E-state index contributed by atoms with van der Waals surface area (Å²) in [5, 5.41) is 2.48. The standard InChI is InChI=1S/C50H34O/c1-49(2)44-21-11-12-22-47(44)51-48-30-32(24-28-45(48)49)34-27-26-33(35-13-3-4-14-36(34)35)31-23-25-40-39-17-7-10-20-43(39)50(46(40)29-31)41-18-8-5-15-37(41)38-16-6-9-19-42(38)50/h3-30H,1-2H3. The maximum absolute atomic E-state index is 6.55. The number of ether oxygens (including phenoxy) is 1. The monoisotopic (exact) mass is 650 g/mol. The maximum Gasteiger partial charge on any atom is 0.132 e. The van der Waals surface area contributed by atoms with E-state index in [9.17, 15) is 0 Å². The highest BCUT2D eigenvalue weighted by atomic mass is 16.5. The Kier molecular flexibility index (Phi) is 5.72. The molecule has 2 aliphatic carbocycles. The molecule has 1 nitrogen and oxygen atoms in total. The van der Waals surface area contributed by atoms with Gasteiger partial charge in [0.05, 0.1) is 5.41 Å². The number of fused-ring (bicyclic) bond motifs is 13. The Balaban J connectivity index is 1.10. The first-order valence-electron chi connectivity index (χ1n) is 17.9. The first-order valence-corrected chi connectivity index (χ1v) is 17.9.